The zero-order valence-corrected chi connectivity index (χ0v) is 10.5. The van der Waals surface area contributed by atoms with Crippen LogP contribution in [0.5, 0.6) is 0 Å². The van der Waals surface area contributed by atoms with Gasteiger partial charge in [-0.05, 0) is 43.4 Å². The highest BCUT2D eigenvalue weighted by Gasteiger charge is 2.44. The zero-order valence-electron chi connectivity index (χ0n) is 10.5. The predicted molar refractivity (Wildman–Crippen MR) is 72.0 cm³/mol. The van der Waals surface area contributed by atoms with Gasteiger partial charge in [0.05, 0.1) is 0 Å². The summed E-state index contributed by atoms with van der Waals surface area (Å²) in [5, 5.41) is 0. The number of hydrogen-bond donors (Lipinski definition) is 0. The number of ketones is 2. The van der Waals surface area contributed by atoms with Crippen LogP contribution in [0.2, 0.25) is 0 Å². The van der Waals surface area contributed by atoms with Crippen LogP contribution < -0.4 is 0 Å². The van der Waals surface area contributed by atoms with E-state index in [1.165, 1.54) is 6.08 Å². The van der Waals surface area contributed by atoms with Gasteiger partial charge in [-0.2, -0.15) is 0 Å². The first-order valence-electron chi connectivity index (χ1n) is 6.30. The second-order valence-electron chi connectivity index (χ2n) is 5.21. The Balaban J connectivity index is 2.24. The molecule has 0 unspecified atom stereocenters. The predicted octanol–water partition coefficient (Wildman–Crippen LogP) is 3.03. The molecule has 0 aliphatic heterocycles. The Morgan fingerprint density at radius 3 is 2.56 bits per heavy atom. The van der Waals surface area contributed by atoms with Crippen LogP contribution in [-0.2, 0) is 9.59 Å². The molecule has 94 valence electrons. The fourth-order valence-electron chi connectivity index (χ4n) is 3.12. The van der Waals surface area contributed by atoms with Crippen molar-refractivity contribution in [2.45, 2.75) is 19.3 Å². The Bertz CT molecular complexity index is 438. The summed E-state index contributed by atoms with van der Waals surface area (Å²) in [7, 11) is 0. The molecular formula is C16H18O2. The van der Waals surface area contributed by atoms with Crippen molar-refractivity contribution in [1.29, 1.82) is 0 Å². The summed E-state index contributed by atoms with van der Waals surface area (Å²) in [5.41, 5.74) is -0.120. The van der Waals surface area contributed by atoms with Crippen LogP contribution in [0.3, 0.4) is 0 Å². The molecule has 18 heavy (non-hydrogen) atoms. The summed E-state index contributed by atoms with van der Waals surface area (Å²) in [6, 6.07) is 0. The Hall–Kier alpha value is -1.70. The van der Waals surface area contributed by atoms with Gasteiger partial charge in [-0.25, -0.2) is 0 Å². The van der Waals surface area contributed by atoms with E-state index in [1.807, 2.05) is 18.2 Å². The van der Waals surface area contributed by atoms with E-state index >= 15 is 0 Å². The van der Waals surface area contributed by atoms with Crippen molar-refractivity contribution in [3.05, 3.63) is 49.6 Å². The van der Waals surface area contributed by atoms with E-state index < -0.39 is 0 Å². The van der Waals surface area contributed by atoms with Crippen LogP contribution in [0.25, 0.3) is 0 Å². The van der Waals surface area contributed by atoms with E-state index in [0.29, 0.717) is 5.92 Å². The van der Waals surface area contributed by atoms with Crippen LogP contribution in [0, 0.1) is 17.3 Å². The van der Waals surface area contributed by atoms with Gasteiger partial charge in [-0.15, -0.1) is 6.58 Å². The summed E-state index contributed by atoms with van der Waals surface area (Å²) in [6.45, 7) is 7.34. The summed E-state index contributed by atoms with van der Waals surface area (Å²) in [4.78, 5) is 23.1. The Labute approximate surface area is 108 Å². The molecule has 0 amide bonds. The fraction of sp³-hybridized carbons (Fsp3) is 0.375. The van der Waals surface area contributed by atoms with Gasteiger partial charge < -0.3 is 0 Å². The van der Waals surface area contributed by atoms with Crippen molar-refractivity contribution in [2.24, 2.45) is 17.3 Å². The second-order valence-corrected chi connectivity index (χ2v) is 5.21. The average Bonchev–Trinajstić information content (AvgIpc) is 2.72. The first-order valence-corrected chi connectivity index (χ1v) is 6.30. The minimum absolute atomic E-state index is 0.00278. The standard InChI is InChI=1S/C16H18O2/c1-3-5-12-10-16(8-6-13(17)7-9-16)11-14(12)15(18)4-2/h3-4,6-9,12,14H,1-2,5,10-11H2/t12-,14+/m0/s1. The SMILES string of the molecule is C=CC[C@H]1CC2(C=CC(=O)C=C2)C[C@H]1C(=O)C=C. The Morgan fingerprint density at radius 2 is 2.00 bits per heavy atom. The number of allylic oxidation sites excluding steroid dienone is 6. The topological polar surface area (TPSA) is 34.1 Å². The third-order valence-corrected chi connectivity index (χ3v) is 4.01. The molecule has 0 aromatic rings. The molecule has 0 heterocycles. The minimum atomic E-state index is -0.120. The zero-order chi connectivity index (χ0) is 13.2. The van der Waals surface area contributed by atoms with Crippen molar-refractivity contribution in [3.8, 4) is 0 Å². The normalized spacial score (nSPS) is 28.6. The molecular weight excluding hydrogens is 224 g/mol. The molecule has 2 heteroatoms. The molecule has 0 bridgehead atoms. The molecule has 0 N–H and O–H groups in total. The molecule has 1 saturated carbocycles. The molecule has 2 nitrogen and oxygen atoms in total. The monoisotopic (exact) mass is 242 g/mol. The largest absolute Gasteiger partial charge is 0.295 e. The molecule has 2 atom stereocenters. The maximum absolute atomic E-state index is 11.9. The van der Waals surface area contributed by atoms with Gasteiger partial charge in [0.25, 0.3) is 0 Å². The number of carbonyl (C=O) groups excluding carboxylic acids is 2. The van der Waals surface area contributed by atoms with Gasteiger partial charge in [-0.1, -0.05) is 24.8 Å². The lowest BCUT2D eigenvalue weighted by molar-refractivity contribution is -0.119. The van der Waals surface area contributed by atoms with Gasteiger partial charge in [0.2, 0.25) is 0 Å². The maximum Gasteiger partial charge on any atom is 0.178 e. The molecule has 1 fully saturated rings. The summed E-state index contributed by atoms with van der Waals surface area (Å²) < 4.78 is 0. The smallest absolute Gasteiger partial charge is 0.178 e. The summed E-state index contributed by atoms with van der Waals surface area (Å²) in [6.07, 6.45) is 13.0. The number of rotatable bonds is 4. The van der Waals surface area contributed by atoms with Crippen LogP contribution >= 0.6 is 0 Å². The highest BCUT2D eigenvalue weighted by Crippen LogP contribution is 2.50. The highest BCUT2D eigenvalue weighted by atomic mass is 16.1. The van der Waals surface area contributed by atoms with E-state index in [2.05, 4.69) is 13.2 Å². The van der Waals surface area contributed by atoms with Crippen LogP contribution in [-0.4, -0.2) is 11.6 Å². The molecule has 0 radical (unpaired) electrons. The van der Waals surface area contributed by atoms with Crippen LogP contribution in [0.4, 0.5) is 0 Å². The molecule has 0 aromatic carbocycles. The summed E-state index contributed by atoms with van der Waals surface area (Å²) >= 11 is 0. The van der Waals surface area contributed by atoms with Gasteiger partial charge in [0.15, 0.2) is 11.6 Å². The van der Waals surface area contributed by atoms with E-state index in [9.17, 15) is 9.59 Å². The van der Waals surface area contributed by atoms with Gasteiger partial charge in [-0.3, -0.25) is 9.59 Å². The van der Waals surface area contributed by atoms with Gasteiger partial charge in [0.1, 0.15) is 0 Å². The van der Waals surface area contributed by atoms with Crippen molar-refractivity contribution in [1.82, 2.24) is 0 Å². The fourth-order valence-corrected chi connectivity index (χ4v) is 3.12. The molecule has 2 rings (SSSR count). The van der Waals surface area contributed by atoms with Gasteiger partial charge in [0, 0.05) is 11.3 Å². The average molecular weight is 242 g/mol. The maximum atomic E-state index is 11.9. The second kappa shape index (κ2) is 4.89. The first kappa shape index (κ1) is 12.7. The minimum Gasteiger partial charge on any atom is -0.295 e. The van der Waals surface area contributed by atoms with E-state index in [1.54, 1.807) is 12.2 Å². The van der Waals surface area contributed by atoms with E-state index in [4.69, 9.17) is 0 Å². The molecule has 1 spiro atoms. The molecule has 2 aliphatic rings. The number of carbonyl (C=O) groups is 2. The third-order valence-electron chi connectivity index (χ3n) is 4.01. The van der Waals surface area contributed by atoms with Crippen molar-refractivity contribution < 1.29 is 9.59 Å². The van der Waals surface area contributed by atoms with Crippen molar-refractivity contribution in [2.75, 3.05) is 0 Å². The highest BCUT2D eigenvalue weighted by molar-refractivity contribution is 6.00. The first-order chi connectivity index (χ1) is 8.60. The van der Waals surface area contributed by atoms with Crippen LogP contribution in [0.15, 0.2) is 49.6 Å². The summed E-state index contributed by atoms with van der Waals surface area (Å²) in [5.74, 6) is 0.440. The van der Waals surface area contributed by atoms with E-state index in [-0.39, 0.29) is 22.9 Å². The quantitative estimate of drug-likeness (QED) is 0.561. The Kier molecular flexibility index (Phi) is 3.46. The lowest BCUT2D eigenvalue weighted by atomic mass is 9.81. The third kappa shape index (κ3) is 2.28. The molecule has 0 saturated heterocycles. The van der Waals surface area contributed by atoms with E-state index in [0.717, 1.165) is 19.3 Å². The van der Waals surface area contributed by atoms with Crippen molar-refractivity contribution >= 4 is 11.6 Å². The molecule has 0 aromatic heterocycles. The van der Waals surface area contributed by atoms with Gasteiger partial charge >= 0.3 is 0 Å². The van der Waals surface area contributed by atoms with Crippen molar-refractivity contribution in [3.63, 3.8) is 0 Å². The molecule has 2 aliphatic carbocycles. The van der Waals surface area contributed by atoms with Crippen LogP contribution in [0.1, 0.15) is 19.3 Å². The lowest BCUT2D eigenvalue weighted by Gasteiger charge is -2.23. The lowest BCUT2D eigenvalue weighted by Crippen LogP contribution is -2.17. The number of hydrogen-bond acceptors (Lipinski definition) is 2. The Morgan fingerprint density at radius 1 is 1.33 bits per heavy atom.